The molecule has 5 rings (SSSR count). The Bertz CT molecular complexity index is 1310. The number of nitrogens with one attached hydrogen (secondary N) is 1. The van der Waals surface area contributed by atoms with Gasteiger partial charge in [-0.05, 0) is 30.0 Å². The van der Waals surface area contributed by atoms with E-state index in [4.69, 9.17) is 5.73 Å². The average Bonchev–Trinajstić information content (AvgIpc) is 3.24. The van der Waals surface area contributed by atoms with Crippen molar-refractivity contribution in [3.8, 4) is 11.1 Å². The molecule has 6 nitrogen and oxygen atoms in total. The third-order valence-corrected chi connectivity index (χ3v) is 7.64. The maximum Gasteiger partial charge on any atom is 0.181 e. The molecule has 0 radical (unpaired) electrons. The second-order valence-electron chi connectivity index (χ2n) is 9.08. The Morgan fingerprint density at radius 3 is 2.74 bits per heavy atom. The van der Waals surface area contributed by atoms with Gasteiger partial charge < -0.3 is 16.0 Å². The lowest BCUT2D eigenvalue weighted by Gasteiger charge is -2.29. The van der Waals surface area contributed by atoms with E-state index in [9.17, 15) is 0 Å². The van der Waals surface area contributed by atoms with Crippen molar-refractivity contribution < 1.29 is 4.39 Å². The fourth-order valence-corrected chi connectivity index (χ4v) is 5.72. The van der Waals surface area contributed by atoms with Crippen molar-refractivity contribution in [1.82, 2.24) is 20.3 Å². The first kappa shape index (κ1) is 22.9. The van der Waals surface area contributed by atoms with Crippen molar-refractivity contribution in [3.63, 3.8) is 0 Å². The van der Waals surface area contributed by atoms with E-state index in [1.807, 2.05) is 12.1 Å². The minimum Gasteiger partial charge on any atom is -0.375 e. The minimum atomic E-state index is -0.322. The zero-order valence-corrected chi connectivity index (χ0v) is 20.6. The van der Waals surface area contributed by atoms with Gasteiger partial charge in [0.1, 0.15) is 17.7 Å². The van der Waals surface area contributed by atoms with Crippen LogP contribution in [0.5, 0.6) is 0 Å². The van der Waals surface area contributed by atoms with Crippen molar-refractivity contribution in [2.24, 2.45) is 0 Å². The highest BCUT2D eigenvalue weighted by Crippen LogP contribution is 2.42. The molecule has 3 heterocycles. The molecule has 2 aromatic heterocycles. The summed E-state index contributed by atoms with van der Waals surface area (Å²) in [6.07, 6.45) is 6.05. The van der Waals surface area contributed by atoms with Gasteiger partial charge >= 0.3 is 0 Å². The molecule has 0 saturated carbocycles. The summed E-state index contributed by atoms with van der Waals surface area (Å²) >= 11 is 1.44. The van der Waals surface area contributed by atoms with E-state index >= 15 is 4.39 Å². The number of thiazole rings is 1. The maximum atomic E-state index is 16.2. The van der Waals surface area contributed by atoms with Crippen LogP contribution in [-0.4, -0.2) is 41.1 Å². The minimum absolute atomic E-state index is 0.283. The molecule has 1 fully saturated rings. The molecule has 0 amide bonds. The zero-order chi connectivity index (χ0) is 23.7. The van der Waals surface area contributed by atoms with Crippen LogP contribution in [0.2, 0.25) is 0 Å². The molecule has 0 spiro atoms. The van der Waals surface area contributed by atoms with Gasteiger partial charge in [0.25, 0.3) is 0 Å². The van der Waals surface area contributed by atoms with E-state index in [1.54, 1.807) is 0 Å². The zero-order valence-electron chi connectivity index (χ0n) is 19.8. The number of anilines is 2. The van der Waals surface area contributed by atoms with E-state index in [2.05, 4.69) is 51.1 Å². The molecule has 8 heteroatoms. The molecule has 34 heavy (non-hydrogen) atoms. The predicted octanol–water partition coefficient (Wildman–Crippen LogP) is 5.72. The second-order valence-corrected chi connectivity index (χ2v) is 10.1. The summed E-state index contributed by atoms with van der Waals surface area (Å²) in [4.78, 5) is 15.7. The van der Waals surface area contributed by atoms with Crippen molar-refractivity contribution in [3.05, 3.63) is 42.0 Å². The SMILES string of the molecule is CCCCCC(C)c1ccc2sc(N)nc2c1-c1ccc2c(N3CCNCC3)ncnc2c1F. The molecule has 2 aromatic carbocycles. The van der Waals surface area contributed by atoms with E-state index < -0.39 is 0 Å². The van der Waals surface area contributed by atoms with Gasteiger partial charge in [-0.25, -0.2) is 19.3 Å². The predicted molar refractivity (Wildman–Crippen MR) is 140 cm³/mol. The standard InChI is InChI=1S/C26H31FN6S/c1-3-4-5-6-16(2)17-9-10-20-24(32-26(28)34-20)21(17)18-7-8-19-23(22(18)27)30-15-31-25(19)33-13-11-29-12-14-33/h7-10,15-16,29H,3-6,11-14H2,1-2H3,(H2,28,32). The number of piperazine rings is 1. The number of aromatic nitrogens is 3. The van der Waals surface area contributed by atoms with Crippen LogP contribution in [0, 0.1) is 5.82 Å². The first-order chi connectivity index (χ1) is 16.6. The van der Waals surface area contributed by atoms with E-state index in [0.717, 1.165) is 71.6 Å². The van der Waals surface area contributed by atoms with Crippen LogP contribution in [0.4, 0.5) is 15.3 Å². The lowest BCUT2D eigenvalue weighted by atomic mass is 9.87. The highest BCUT2D eigenvalue weighted by atomic mass is 32.1. The molecule has 3 N–H and O–H groups in total. The van der Waals surface area contributed by atoms with Crippen LogP contribution in [0.15, 0.2) is 30.6 Å². The highest BCUT2D eigenvalue weighted by Gasteiger charge is 2.23. The second kappa shape index (κ2) is 9.80. The monoisotopic (exact) mass is 478 g/mol. The van der Waals surface area contributed by atoms with Crippen LogP contribution in [0.25, 0.3) is 32.2 Å². The number of unbranched alkanes of at least 4 members (excludes halogenated alkanes) is 2. The molecule has 4 aromatic rings. The first-order valence-electron chi connectivity index (χ1n) is 12.2. The summed E-state index contributed by atoms with van der Waals surface area (Å²) in [5.41, 5.74) is 9.69. The molecular weight excluding hydrogens is 447 g/mol. The third kappa shape index (κ3) is 4.20. The smallest absolute Gasteiger partial charge is 0.181 e. The van der Waals surface area contributed by atoms with Crippen molar-refractivity contribution in [1.29, 1.82) is 0 Å². The number of hydrogen-bond acceptors (Lipinski definition) is 7. The molecule has 1 atom stereocenters. The number of nitrogen functional groups attached to an aromatic ring is 1. The summed E-state index contributed by atoms with van der Waals surface area (Å²) in [6.45, 7) is 7.89. The average molecular weight is 479 g/mol. The maximum absolute atomic E-state index is 16.2. The Labute approximate surface area is 203 Å². The summed E-state index contributed by atoms with van der Waals surface area (Å²) < 4.78 is 17.2. The van der Waals surface area contributed by atoms with Crippen molar-refractivity contribution >= 4 is 43.4 Å². The Hall–Kier alpha value is -2.84. The fourth-order valence-electron chi connectivity index (χ4n) is 4.98. The number of fused-ring (bicyclic) bond motifs is 2. The Kier molecular flexibility index (Phi) is 6.61. The summed E-state index contributed by atoms with van der Waals surface area (Å²) in [7, 11) is 0. The quantitative estimate of drug-likeness (QED) is 0.331. The molecule has 1 aliphatic heterocycles. The van der Waals surface area contributed by atoms with Crippen LogP contribution in [0.3, 0.4) is 0 Å². The summed E-state index contributed by atoms with van der Waals surface area (Å²) in [5, 5.41) is 4.59. The van der Waals surface area contributed by atoms with Gasteiger partial charge in [-0.3, -0.25) is 0 Å². The summed E-state index contributed by atoms with van der Waals surface area (Å²) in [5.74, 6) is 0.754. The van der Waals surface area contributed by atoms with Gasteiger partial charge in [0.15, 0.2) is 10.9 Å². The lowest BCUT2D eigenvalue weighted by molar-refractivity contribution is 0.585. The molecule has 178 valence electrons. The Morgan fingerprint density at radius 2 is 1.94 bits per heavy atom. The fraction of sp³-hybridized carbons (Fsp3) is 0.423. The molecule has 0 aliphatic carbocycles. The van der Waals surface area contributed by atoms with E-state index in [0.29, 0.717) is 16.2 Å². The summed E-state index contributed by atoms with van der Waals surface area (Å²) in [6, 6.07) is 8.04. The van der Waals surface area contributed by atoms with Crippen molar-refractivity contribution in [2.75, 3.05) is 36.8 Å². The normalized spacial score (nSPS) is 15.3. The van der Waals surface area contributed by atoms with Gasteiger partial charge in [-0.1, -0.05) is 56.6 Å². The number of halogens is 1. The van der Waals surface area contributed by atoms with Crippen LogP contribution < -0.4 is 16.0 Å². The molecular formula is C26H31FN6S. The van der Waals surface area contributed by atoms with Gasteiger partial charge in [0.2, 0.25) is 0 Å². The van der Waals surface area contributed by atoms with Gasteiger partial charge in [-0.15, -0.1) is 0 Å². The Balaban J connectivity index is 1.66. The lowest BCUT2D eigenvalue weighted by Crippen LogP contribution is -2.44. The van der Waals surface area contributed by atoms with Crippen LogP contribution >= 0.6 is 11.3 Å². The topological polar surface area (TPSA) is 80.0 Å². The van der Waals surface area contributed by atoms with Crippen molar-refractivity contribution in [2.45, 2.75) is 45.4 Å². The third-order valence-electron chi connectivity index (χ3n) is 6.79. The number of hydrogen-bond donors (Lipinski definition) is 2. The molecule has 1 saturated heterocycles. The van der Waals surface area contributed by atoms with Gasteiger partial charge in [0.05, 0.1) is 10.2 Å². The number of benzene rings is 2. The van der Waals surface area contributed by atoms with E-state index in [1.165, 1.54) is 30.5 Å². The molecule has 1 aliphatic rings. The number of rotatable bonds is 7. The first-order valence-corrected chi connectivity index (χ1v) is 13.0. The van der Waals surface area contributed by atoms with Crippen LogP contribution in [-0.2, 0) is 0 Å². The van der Waals surface area contributed by atoms with Gasteiger partial charge in [0, 0.05) is 42.7 Å². The highest BCUT2D eigenvalue weighted by molar-refractivity contribution is 7.22. The van der Waals surface area contributed by atoms with E-state index in [-0.39, 0.29) is 11.7 Å². The largest absolute Gasteiger partial charge is 0.375 e. The number of nitrogens with zero attached hydrogens (tertiary/aromatic N) is 4. The van der Waals surface area contributed by atoms with Crippen LogP contribution in [0.1, 0.15) is 51.0 Å². The number of nitrogens with two attached hydrogens (primary N) is 1. The van der Waals surface area contributed by atoms with Gasteiger partial charge in [-0.2, -0.15) is 0 Å². The molecule has 1 unspecified atom stereocenters. The molecule has 0 bridgehead atoms. The Morgan fingerprint density at radius 1 is 1.12 bits per heavy atom.